The molecule has 3 unspecified atom stereocenters. The van der Waals surface area contributed by atoms with Crippen LogP contribution in [-0.4, -0.2) is 46.4 Å². The molecule has 3 atom stereocenters. The fraction of sp³-hybridized carbons (Fsp3) is 0.571. The van der Waals surface area contributed by atoms with Crippen molar-refractivity contribution in [1.82, 2.24) is 0 Å². The number of nitrogens with two attached hydrogens (primary N) is 1. The number of aliphatic hydroxyl groups is 1. The largest absolute Gasteiger partial charge is 0.472 e. The summed E-state index contributed by atoms with van der Waals surface area (Å²) in [5, 5.41) is 17.4. The number of aliphatic hydroxyl groups excluding tert-OH is 1. The van der Waals surface area contributed by atoms with Crippen molar-refractivity contribution in [3.63, 3.8) is 0 Å². The number of ether oxygens (including phenoxy) is 1. The summed E-state index contributed by atoms with van der Waals surface area (Å²) in [4.78, 5) is 18.9. The first-order valence-corrected chi connectivity index (χ1v) is 5.76. The van der Waals surface area contributed by atoms with Gasteiger partial charge in [-0.1, -0.05) is 6.08 Å². The molecule has 5 N–H and O–H groups in total. The number of carbonyl (C=O) groups is 1. The molecule has 0 aliphatic carbocycles. The first-order valence-electron chi connectivity index (χ1n) is 4.18. The predicted octanol–water partition coefficient (Wildman–Crippen LogP) is -0.285. The first kappa shape index (κ1) is 15.2. The number of rotatable bonds is 8. The van der Waals surface area contributed by atoms with E-state index in [1.807, 2.05) is 0 Å². The average molecular weight is 255 g/mol. The minimum Gasteiger partial charge on any atom is -0.472 e. The van der Waals surface area contributed by atoms with Gasteiger partial charge in [0.05, 0.1) is 19.3 Å². The Morgan fingerprint density at radius 1 is 1.62 bits per heavy atom. The zero-order chi connectivity index (χ0) is 12.8. The average Bonchev–Trinajstić information content (AvgIpc) is 2.17. The van der Waals surface area contributed by atoms with Crippen molar-refractivity contribution in [3.05, 3.63) is 12.7 Å². The third-order valence-electron chi connectivity index (χ3n) is 1.40. The molecule has 0 spiro atoms. The van der Waals surface area contributed by atoms with Gasteiger partial charge in [0.1, 0.15) is 0 Å². The maximum Gasteiger partial charge on any atom is 0.438 e. The van der Waals surface area contributed by atoms with E-state index in [1.165, 1.54) is 6.08 Å². The maximum absolute atomic E-state index is 10.8. The monoisotopic (exact) mass is 255 g/mol. The maximum atomic E-state index is 10.8. The van der Waals surface area contributed by atoms with E-state index in [4.69, 9.17) is 25.6 Å². The van der Waals surface area contributed by atoms with E-state index in [2.05, 4.69) is 11.1 Å². The second-order valence-electron chi connectivity index (χ2n) is 2.79. The van der Waals surface area contributed by atoms with Crippen molar-refractivity contribution in [2.75, 3.05) is 13.2 Å². The molecule has 0 radical (unpaired) electrons. The molecule has 0 aromatic carbocycles. The van der Waals surface area contributed by atoms with Crippen LogP contribution < -0.4 is 5.73 Å². The Kier molecular flexibility index (Phi) is 6.42. The Morgan fingerprint density at radius 2 is 2.19 bits per heavy atom. The summed E-state index contributed by atoms with van der Waals surface area (Å²) in [7, 11) is -4.90. The van der Waals surface area contributed by atoms with E-state index in [9.17, 15) is 9.36 Å². The summed E-state index contributed by atoms with van der Waals surface area (Å²) in [6.45, 7) is 3.37. The van der Waals surface area contributed by atoms with Crippen LogP contribution in [0.25, 0.3) is 0 Å². The molecule has 0 heterocycles. The Morgan fingerprint density at radius 3 is 2.62 bits per heavy atom. The Bertz CT molecular complexity index is 294. The predicted molar refractivity (Wildman–Crippen MR) is 53.9 cm³/mol. The molecular formula is C7H14NO7P. The van der Waals surface area contributed by atoms with Gasteiger partial charge in [-0.2, -0.15) is 0 Å². The zero-order valence-electron chi connectivity index (χ0n) is 8.35. The van der Waals surface area contributed by atoms with Gasteiger partial charge >= 0.3 is 13.3 Å². The lowest BCUT2D eigenvalue weighted by Gasteiger charge is -2.19. The van der Waals surface area contributed by atoms with Crippen molar-refractivity contribution in [1.29, 1.82) is 0 Å². The van der Waals surface area contributed by atoms with Gasteiger partial charge in [-0.25, -0.2) is 9.36 Å². The first-order chi connectivity index (χ1) is 7.31. The van der Waals surface area contributed by atoms with Gasteiger partial charge in [0.2, 0.25) is 0 Å². The molecule has 0 amide bonds. The molecule has 0 rings (SSSR count). The molecule has 0 aliphatic heterocycles. The van der Waals surface area contributed by atoms with Crippen LogP contribution >= 0.6 is 7.60 Å². The molecule has 8 nitrogen and oxygen atoms in total. The quantitative estimate of drug-likeness (QED) is 0.201. The highest BCUT2D eigenvalue weighted by molar-refractivity contribution is 7.70. The van der Waals surface area contributed by atoms with Crippen LogP contribution in [0, 0.1) is 0 Å². The van der Waals surface area contributed by atoms with E-state index < -0.39 is 25.6 Å². The van der Waals surface area contributed by atoms with Gasteiger partial charge in [-0.15, -0.1) is 6.58 Å². The van der Waals surface area contributed by atoms with Crippen LogP contribution in [0.15, 0.2) is 12.7 Å². The fourth-order valence-corrected chi connectivity index (χ4v) is 1.18. The summed E-state index contributed by atoms with van der Waals surface area (Å²) in [5.74, 6) is 0. The zero-order valence-corrected chi connectivity index (χ0v) is 9.25. The number of hydrogen-bond donors (Lipinski definition) is 4. The highest BCUT2D eigenvalue weighted by Crippen LogP contribution is 2.43. The summed E-state index contributed by atoms with van der Waals surface area (Å²) < 4.78 is 19.7. The van der Waals surface area contributed by atoms with Gasteiger partial charge in [0.25, 0.3) is 0 Å². The number of carboxylic acid groups (broad SMARTS) is 1. The molecule has 94 valence electrons. The van der Waals surface area contributed by atoms with Gasteiger partial charge in [0, 0.05) is 0 Å². The normalized spacial score (nSPS) is 18.4. The molecular weight excluding hydrogens is 241 g/mol. The van der Waals surface area contributed by atoms with Crippen LogP contribution in [-0.2, 0) is 13.8 Å². The third-order valence-corrected chi connectivity index (χ3v) is 2.39. The Hall–Kier alpha value is -0.760. The van der Waals surface area contributed by atoms with Gasteiger partial charge in [-0.05, 0) is 0 Å². The standard InChI is InChI=1S/C7H14NO7P/c1-2-3-14-4-5(8)6(9)15-16(12,13)7(10)11/h2,5-6,9H,1,3-4,8H2,(H,10,11)(H,12,13). The van der Waals surface area contributed by atoms with E-state index >= 15 is 0 Å². The van der Waals surface area contributed by atoms with Crippen LogP contribution in [0.2, 0.25) is 0 Å². The molecule has 0 saturated heterocycles. The molecule has 0 aromatic rings. The Balaban J connectivity index is 4.14. The molecule has 0 bridgehead atoms. The second-order valence-corrected chi connectivity index (χ2v) is 4.42. The van der Waals surface area contributed by atoms with Crippen molar-refractivity contribution < 1.29 is 33.7 Å². The fourth-order valence-electron chi connectivity index (χ4n) is 0.639. The van der Waals surface area contributed by atoms with Crippen LogP contribution in [0.3, 0.4) is 0 Å². The smallest absolute Gasteiger partial charge is 0.438 e. The van der Waals surface area contributed by atoms with Crippen molar-refractivity contribution in [2.24, 2.45) is 5.73 Å². The third kappa shape index (κ3) is 5.36. The van der Waals surface area contributed by atoms with Crippen LogP contribution in [0.4, 0.5) is 4.79 Å². The summed E-state index contributed by atoms with van der Waals surface area (Å²) in [5.41, 5.74) is 3.24. The Labute approximate surface area is 91.8 Å². The molecule has 0 aromatic heterocycles. The van der Waals surface area contributed by atoms with Gasteiger partial charge in [-0.3, -0.25) is 4.52 Å². The lowest BCUT2D eigenvalue weighted by molar-refractivity contribution is -0.0589. The summed E-state index contributed by atoms with van der Waals surface area (Å²) in [6, 6.07) is -1.14. The van der Waals surface area contributed by atoms with E-state index in [-0.39, 0.29) is 13.2 Å². The van der Waals surface area contributed by atoms with Gasteiger partial charge < -0.3 is 25.6 Å². The molecule has 0 fully saturated rings. The van der Waals surface area contributed by atoms with Crippen molar-refractivity contribution in [2.45, 2.75) is 12.3 Å². The van der Waals surface area contributed by atoms with Crippen molar-refractivity contribution >= 4 is 13.3 Å². The lowest BCUT2D eigenvalue weighted by Crippen LogP contribution is -2.40. The highest BCUT2D eigenvalue weighted by Gasteiger charge is 2.35. The van der Waals surface area contributed by atoms with Gasteiger partial charge in [0.15, 0.2) is 6.29 Å². The van der Waals surface area contributed by atoms with E-state index in [1.54, 1.807) is 0 Å². The topological polar surface area (TPSA) is 139 Å². The molecule has 16 heavy (non-hydrogen) atoms. The molecule has 0 saturated carbocycles. The van der Waals surface area contributed by atoms with E-state index in [0.29, 0.717) is 0 Å². The van der Waals surface area contributed by atoms with Crippen molar-refractivity contribution in [3.8, 4) is 0 Å². The van der Waals surface area contributed by atoms with E-state index in [0.717, 1.165) is 0 Å². The number of hydrogen-bond acceptors (Lipinski definition) is 6. The summed E-state index contributed by atoms with van der Waals surface area (Å²) in [6.07, 6.45) is -0.467. The molecule has 0 aliphatic rings. The molecule has 9 heteroatoms. The highest BCUT2D eigenvalue weighted by atomic mass is 31.2. The minimum absolute atomic E-state index is 0.174. The van der Waals surface area contributed by atoms with Crippen LogP contribution in [0.5, 0.6) is 0 Å². The minimum atomic E-state index is -4.90. The van der Waals surface area contributed by atoms with Crippen LogP contribution in [0.1, 0.15) is 0 Å². The summed E-state index contributed by atoms with van der Waals surface area (Å²) >= 11 is 0. The SMILES string of the molecule is C=CCOCC(N)C(O)OP(=O)(O)C(=O)O. The lowest BCUT2D eigenvalue weighted by atomic mass is 10.3. The second kappa shape index (κ2) is 6.74.